The summed E-state index contributed by atoms with van der Waals surface area (Å²) in [7, 11) is 3.16. The van der Waals surface area contributed by atoms with Gasteiger partial charge in [-0.1, -0.05) is 24.3 Å². The standard InChI is InChI=1S/C45H50F2N10O7/c1-54-38(58)15-14-36(44(54)60)57-35-7-3-5-30(40(35)55(2)45(57)61)6-4-19-62-21-22-63-20-18-48-24-28-10-12-32(13-11-28)56-26-33(39(53-56)41(46)47)51-42(59)34-27-64-43(52-34)31-16-17-49-37(23-31)50-25-29-8-9-29/h3,5,7,10-13,16-17,23,26-27,29,36,41,48H,4,6,8-9,14-15,18-22,24-25H2,1-2H3,(H,49,50)(H,51,59). The molecule has 2 aromatic carbocycles. The highest BCUT2D eigenvalue weighted by Crippen LogP contribution is 2.31. The highest BCUT2D eigenvalue weighted by Gasteiger charge is 2.35. The summed E-state index contributed by atoms with van der Waals surface area (Å²) in [5.74, 6) is 0.200. The highest BCUT2D eigenvalue weighted by molar-refractivity contribution is 6.03. The van der Waals surface area contributed by atoms with Crippen molar-refractivity contribution in [3.8, 4) is 17.1 Å². The number of oxazole rings is 1. The summed E-state index contributed by atoms with van der Waals surface area (Å²) in [5, 5.41) is 13.2. The number of alkyl halides is 2. The van der Waals surface area contributed by atoms with E-state index in [0.717, 1.165) is 34.5 Å². The molecule has 1 saturated carbocycles. The summed E-state index contributed by atoms with van der Waals surface area (Å²) >= 11 is 0. The summed E-state index contributed by atoms with van der Waals surface area (Å²) in [5.41, 5.74) is 3.46. The molecule has 336 valence electrons. The van der Waals surface area contributed by atoms with Gasteiger partial charge in [0.1, 0.15) is 18.1 Å². The highest BCUT2D eigenvalue weighted by atomic mass is 19.3. The maximum absolute atomic E-state index is 14.0. The number of likely N-dealkylation sites (tertiary alicyclic amines) is 1. The smallest absolute Gasteiger partial charge is 0.329 e. The van der Waals surface area contributed by atoms with Crippen LogP contribution in [-0.4, -0.2) is 98.1 Å². The molecular weight excluding hydrogens is 831 g/mol. The lowest BCUT2D eigenvalue weighted by Crippen LogP contribution is -2.45. The Labute approximate surface area is 366 Å². The van der Waals surface area contributed by atoms with Crippen molar-refractivity contribution in [3.63, 3.8) is 0 Å². The number of benzene rings is 2. The second-order valence-corrected chi connectivity index (χ2v) is 15.9. The minimum Gasteiger partial charge on any atom is -0.444 e. The Hall–Kier alpha value is -6.57. The third kappa shape index (κ3) is 10.1. The van der Waals surface area contributed by atoms with Crippen molar-refractivity contribution in [1.82, 2.24) is 39.1 Å². The van der Waals surface area contributed by atoms with Crippen LogP contribution in [0.15, 0.2) is 82.5 Å². The molecule has 8 rings (SSSR count). The molecule has 17 nitrogen and oxygen atoms in total. The molecule has 1 unspecified atom stereocenters. The second kappa shape index (κ2) is 19.9. The van der Waals surface area contributed by atoms with Crippen LogP contribution in [-0.2, 0) is 39.1 Å². The Morgan fingerprint density at radius 2 is 1.78 bits per heavy atom. The third-order valence-corrected chi connectivity index (χ3v) is 11.4. The topological polar surface area (TPSA) is 193 Å². The fraction of sp³-hybridized carbons (Fsp3) is 0.400. The molecule has 1 aliphatic heterocycles. The molecule has 64 heavy (non-hydrogen) atoms. The lowest BCUT2D eigenvalue weighted by Gasteiger charge is -2.28. The number of rotatable bonds is 21. The number of para-hydroxylation sites is 1. The summed E-state index contributed by atoms with van der Waals surface area (Å²) in [4.78, 5) is 61.0. The number of amides is 3. The third-order valence-electron chi connectivity index (χ3n) is 11.4. The van der Waals surface area contributed by atoms with Crippen LogP contribution in [0.1, 0.15) is 71.9 Å². The molecule has 19 heteroatoms. The Morgan fingerprint density at radius 3 is 2.56 bits per heavy atom. The zero-order chi connectivity index (χ0) is 44.7. The van der Waals surface area contributed by atoms with Crippen molar-refractivity contribution in [3.05, 3.63) is 106 Å². The average Bonchev–Trinajstić information content (AvgIpc) is 3.70. The Bertz CT molecular complexity index is 2670. The first kappa shape index (κ1) is 44.1. The number of piperidine rings is 1. The van der Waals surface area contributed by atoms with Crippen LogP contribution in [0.4, 0.5) is 20.3 Å². The van der Waals surface area contributed by atoms with Crippen molar-refractivity contribution in [2.45, 2.75) is 57.5 Å². The van der Waals surface area contributed by atoms with E-state index in [1.807, 2.05) is 30.3 Å². The minimum atomic E-state index is -2.94. The average molecular weight is 881 g/mol. The molecular formula is C45H50F2N10O7. The molecule has 3 N–H and O–H groups in total. The van der Waals surface area contributed by atoms with Gasteiger partial charge in [0.05, 0.1) is 48.4 Å². The van der Waals surface area contributed by atoms with Crippen LogP contribution in [0.25, 0.3) is 28.2 Å². The van der Waals surface area contributed by atoms with Gasteiger partial charge in [-0.2, -0.15) is 5.10 Å². The number of nitrogens with one attached hydrogen (secondary N) is 3. The molecule has 0 bridgehead atoms. The van der Waals surface area contributed by atoms with Gasteiger partial charge in [0.15, 0.2) is 11.4 Å². The molecule has 2 aliphatic rings. The van der Waals surface area contributed by atoms with Gasteiger partial charge in [-0.05, 0) is 79.5 Å². The molecule has 1 atom stereocenters. The summed E-state index contributed by atoms with van der Waals surface area (Å²) in [6.07, 6.45) is 5.51. The van der Waals surface area contributed by atoms with Crippen molar-refractivity contribution < 1.29 is 37.1 Å². The fourth-order valence-electron chi connectivity index (χ4n) is 7.70. The Balaban J connectivity index is 0.739. The molecule has 5 heterocycles. The van der Waals surface area contributed by atoms with Crippen molar-refractivity contribution >= 4 is 40.3 Å². The van der Waals surface area contributed by atoms with Gasteiger partial charge in [0, 0.05) is 58.5 Å². The van der Waals surface area contributed by atoms with Crippen molar-refractivity contribution in [2.24, 2.45) is 13.0 Å². The first-order chi connectivity index (χ1) is 31.0. The van der Waals surface area contributed by atoms with Crippen molar-refractivity contribution in [1.29, 1.82) is 0 Å². The maximum Gasteiger partial charge on any atom is 0.329 e. The van der Waals surface area contributed by atoms with Crippen LogP contribution in [0, 0.1) is 5.92 Å². The zero-order valence-electron chi connectivity index (χ0n) is 35.6. The number of likely N-dealkylation sites (N-methyl/N-ethyl adjacent to an activating group) is 1. The van der Waals surface area contributed by atoms with E-state index in [9.17, 15) is 28.0 Å². The summed E-state index contributed by atoms with van der Waals surface area (Å²) in [6, 6.07) is 15.7. The first-order valence-electron chi connectivity index (χ1n) is 21.3. The number of imidazole rings is 1. The number of carbonyl (C=O) groups is 3. The number of hydrogen-bond donors (Lipinski definition) is 3. The van der Waals surface area contributed by atoms with Gasteiger partial charge in [0.2, 0.25) is 11.8 Å². The summed E-state index contributed by atoms with van der Waals surface area (Å²) in [6.45, 7) is 3.80. The number of fused-ring (bicyclic) bond motifs is 1. The predicted octanol–water partition coefficient (Wildman–Crippen LogP) is 5.66. The lowest BCUT2D eigenvalue weighted by atomic mass is 10.0. The maximum atomic E-state index is 14.0. The zero-order valence-corrected chi connectivity index (χ0v) is 35.6. The number of ether oxygens (including phenoxy) is 2. The van der Waals surface area contributed by atoms with E-state index in [-0.39, 0.29) is 41.2 Å². The van der Waals surface area contributed by atoms with Crippen molar-refractivity contribution in [2.75, 3.05) is 57.2 Å². The number of aryl methyl sites for hydroxylation is 2. The molecule has 3 amide bonds. The van der Waals surface area contributed by atoms with E-state index in [0.29, 0.717) is 80.9 Å². The first-order valence-corrected chi connectivity index (χ1v) is 21.3. The minimum absolute atomic E-state index is 0.0743. The number of halogens is 2. The number of nitrogens with zero attached hydrogens (tertiary/aromatic N) is 7. The molecule has 4 aromatic heterocycles. The van der Waals surface area contributed by atoms with E-state index in [4.69, 9.17) is 13.9 Å². The molecule has 2 fully saturated rings. The van der Waals surface area contributed by atoms with Gasteiger partial charge in [-0.15, -0.1) is 0 Å². The molecule has 0 radical (unpaired) electrons. The molecule has 6 aromatic rings. The van der Waals surface area contributed by atoms with E-state index in [1.165, 1.54) is 41.6 Å². The van der Waals surface area contributed by atoms with E-state index in [1.54, 1.807) is 42.1 Å². The van der Waals surface area contributed by atoms with Crippen LogP contribution in [0.5, 0.6) is 0 Å². The Kier molecular flexibility index (Phi) is 13.7. The Morgan fingerprint density at radius 1 is 0.984 bits per heavy atom. The molecule has 1 saturated heterocycles. The van der Waals surface area contributed by atoms with Gasteiger partial charge >= 0.3 is 5.69 Å². The van der Waals surface area contributed by atoms with Crippen LogP contribution >= 0.6 is 0 Å². The van der Waals surface area contributed by atoms with Crippen LogP contribution in [0.2, 0.25) is 0 Å². The van der Waals surface area contributed by atoms with E-state index in [2.05, 4.69) is 31.0 Å². The van der Waals surface area contributed by atoms with Gasteiger partial charge in [-0.25, -0.2) is 28.2 Å². The number of pyridine rings is 1. The van der Waals surface area contributed by atoms with E-state index < -0.39 is 24.1 Å². The monoisotopic (exact) mass is 880 g/mol. The molecule has 0 spiro atoms. The number of imide groups is 1. The predicted molar refractivity (Wildman–Crippen MR) is 232 cm³/mol. The van der Waals surface area contributed by atoms with Crippen LogP contribution in [0.3, 0.4) is 0 Å². The number of aromatic nitrogens is 6. The second-order valence-electron chi connectivity index (χ2n) is 15.9. The van der Waals surface area contributed by atoms with Gasteiger partial charge < -0.3 is 29.8 Å². The quantitative estimate of drug-likeness (QED) is 0.0595. The SMILES string of the molecule is CN1C(=O)CCC(n2c(=O)n(C)c3c(CCCOCCOCCNCc4ccc(-n5cc(NC(=O)c6coc(-c7ccnc(NCC8CC8)c7)n6)c(C(F)F)n5)cc4)cccc32)C1=O. The normalized spacial score (nSPS) is 15.5. The van der Waals surface area contributed by atoms with Gasteiger partial charge in [-0.3, -0.25) is 28.4 Å². The lowest BCUT2D eigenvalue weighted by molar-refractivity contribution is -0.149. The van der Waals surface area contributed by atoms with Gasteiger partial charge in [0.25, 0.3) is 18.2 Å². The number of hydrogen-bond acceptors (Lipinski definition) is 12. The molecule has 1 aliphatic carbocycles. The largest absolute Gasteiger partial charge is 0.444 e. The number of anilines is 2. The summed E-state index contributed by atoms with van der Waals surface area (Å²) < 4.78 is 49.5. The number of carbonyl (C=O) groups excluding carboxylic acids is 3. The van der Waals surface area contributed by atoms with Crippen LogP contribution < -0.4 is 21.6 Å². The van der Waals surface area contributed by atoms with E-state index >= 15 is 0 Å². The fourth-order valence-corrected chi connectivity index (χ4v) is 7.70.